The predicted molar refractivity (Wildman–Crippen MR) is 91.0 cm³/mol. The van der Waals surface area contributed by atoms with Crippen LogP contribution in [-0.2, 0) is 13.3 Å². The second-order valence-electron chi connectivity index (χ2n) is 2.89. The fourth-order valence-corrected chi connectivity index (χ4v) is 6.33. The highest BCUT2D eigenvalue weighted by Crippen LogP contribution is 2.22. The molecule has 0 aromatic heterocycles. The summed E-state index contributed by atoms with van der Waals surface area (Å²) >= 11 is 6.94. The lowest BCUT2D eigenvalue weighted by Crippen LogP contribution is -2.56. The third-order valence-corrected chi connectivity index (χ3v) is 10.6. The molecule has 0 spiro atoms. The maximum absolute atomic E-state index is 5.48. The van der Waals surface area contributed by atoms with Crippen LogP contribution in [0, 0.1) is 10.7 Å². The average Bonchev–Trinajstić information content (AvgIpc) is 2.31. The molecule has 3 nitrogen and oxygen atoms in total. The van der Waals surface area contributed by atoms with Gasteiger partial charge in [-0.3, -0.25) is 0 Å². The van der Waals surface area contributed by atoms with Crippen LogP contribution in [0.3, 0.4) is 0 Å². The van der Waals surface area contributed by atoms with Crippen LogP contribution in [0.4, 0.5) is 0 Å². The van der Waals surface area contributed by atoms with Crippen LogP contribution in [0.5, 0.6) is 0 Å². The van der Waals surface area contributed by atoms with E-state index < -0.39 is 8.80 Å². The highest BCUT2D eigenvalue weighted by molar-refractivity contribution is 14.1. The van der Waals surface area contributed by atoms with E-state index in [0.717, 1.165) is 8.76 Å². The average molecular weight is 576 g/mol. The number of rotatable bonds is 4. The molecule has 1 rings (SSSR count). The van der Waals surface area contributed by atoms with Crippen LogP contribution in [0.25, 0.3) is 0 Å². The van der Waals surface area contributed by atoms with Crippen molar-refractivity contribution >= 4 is 81.8 Å². The lowest BCUT2D eigenvalue weighted by Gasteiger charge is -2.26. The molecule has 0 radical (unpaired) electrons. The summed E-state index contributed by atoms with van der Waals surface area (Å²) in [6, 6.07) is 4.08. The van der Waals surface area contributed by atoms with Crippen LogP contribution in [0.15, 0.2) is 12.1 Å². The minimum absolute atomic E-state index is 1.02. The van der Waals surface area contributed by atoms with Gasteiger partial charge in [-0.2, -0.15) is 0 Å². The molecular formula is C9H11I3O3Si. The first kappa shape index (κ1) is 15.6. The van der Waals surface area contributed by atoms with Gasteiger partial charge in [-0.1, -0.05) is 6.07 Å². The molecule has 0 amide bonds. The maximum Gasteiger partial charge on any atom is 0.537 e. The highest BCUT2D eigenvalue weighted by Gasteiger charge is 2.43. The molecule has 0 aliphatic heterocycles. The zero-order valence-corrected chi connectivity index (χ0v) is 16.5. The van der Waals surface area contributed by atoms with Gasteiger partial charge in [0.1, 0.15) is 0 Å². The number of hydrogen-bond acceptors (Lipinski definition) is 3. The lowest BCUT2D eigenvalue weighted by molar-refractivity contribution is 0.140. The summed E-state index contributed by atoms with van der Waals surface area (Å²) < 4.78 is 20.0. The Balaban J connectivity index is 3.36. The highest BCUT2D eigenvalue weighted by atomic mass is 127. The van der Waals surface area contributed by atoms with Crippen LogP contribution < -0.4 is 5.19 Å². The van der Waals surface area contributed by atoms with Crippen molar-refractivity contribution in [2.45, 2.75) is 0 Å². The molecule has 0 aliphatic carbocycles. The molecule has 0 atom stereocenters. The summed E-state index contributed by atoms with van der Waals surface area (Å²) in [5, 5.41) is 1.02. The Hall–Kier alpha value is 1.51. The van der Waals surface area contributed by atoms with Gasteiger partial charge in [0.2, 0.25) is 0 Å². The van der Waals surface area contributed by atoms with Gasteiger partial charge in [0.15, 0.2) is 0 Å². The Morgan fingerprint density at radius 2 is 1.38 bits per heavy atom. The van der Waals surface area contributed by atoms with E-state index in [0.29, 0.717) is 0 Å². The Bertz CT molecular complexity index is 374. The van der Waals surface area contributed by atoms with E-state index in [1.54, 1.807) is 21.3 Å². The lowest BCUT2D eigenvalue weighted by atomic mass is 10.4. The SMILES string of the molecule is CO[Si](OC)(OC)c1ccc(I)c(I)c1I. The summed E-state index contributed by atoms with van der Waals surface area (Å²) in [7, 11) is 2.17. The van der Waals surface area contributed by atoms with E-state index >= 15 is 0 Å². The first-order valence-electron chi connectivity index (χ1n) is 4.31. The van der Waals surface area contributed by atoms with Gasteiger partial charge >= 0.3 is 8.80 Å². The zero-order chi connectivity index (χ0) is 12.3. The molecule has 90 valence electrons. The number of benzene rings is 1. The predicted octanol–water partition coefficient (Wildman–Crippen LogP) is 2.59. The van der Waals surface area contributed by atoms with Crippen molar-refractivity contribution in [3.63, 3.8) is 0 Å². The Labute approximate surface area is 137 Å². The molecule has 0 heterocycles. The molecule has 0 saturated heterocycles. The van der Waals surface area contributed by atoms with E-state index in [1.165, 1.54) is 7.14 Å². The molecule has 0 bridgehead atoms. The molecule has 16 heavy (non-hydrogen) atoms. The van der Waals surface area contributed by atoms with E-state index in [1.807, 2.05) is 6.07 Å². The summed E-state index contributed by atoms with van der Waals surface area (Å²) in [6.07, 6.45) is 0. The van der Waals surface area contributed by atoms with Crippen molar-refractivity contribution in [3.8, 4) is 0 Å². The first-order valence-corrected chi connectivity index (χ1v) is 9.28. The molecule has 0 unspecified atom stereocenters. The van der Waals surface area contributed by atoms with Crippen molar-refractivity contribution in [2.24, 2.45) is 0 Å². The topological polar surface area (TPSA) is 27.7 Å². The molecule has 1 aromatic carbocycles. The van der Waals surface area contributed by atoms with Crippen molar-refractivity contribution < 1.29 is 13.3 Å². The minimum Gasteiger partial charge on any atom is -0.373 e. The number of halogens is 3. The molecule has 0 N–H and O–H groups in total. The molecule has 0 aliphatic rings. The second kappa shape index (κ2) is 6.61. The van der Waals surface area contributed by atoms with Gasteiger partial charge in [0.25, 0.3) is 0 Å². The van der Waals surface area contributed by atoms with Crippen molar-refractivity contribution in [2.75, 3.05) is 21.3 Å². The van der Waals surface area contributed by atoms with E-state index in [9.17, 15) is 0 Å². The largest absolute Gasteiger partial charge is 0.537 e. The summed E-state index contributed by atoms with van der Waals surface area (Å²) in [4.78, 5) is 0. The monoisotopic (exact) mass is 576 g/mol. The van der Waals surface area contributed by atoms with Crippen LogP contribution >= 0.6 is 67.8 Å². The Morgan fingerprint density at radius 1 is 0.875 bits per heavy atom. The van der Waals surface area contributed by atoms with Crippen LogP contribution in [0.1, 0.15) is 0 Å². The van der Waals surface area contributed by atoms with Gasteiger partial charge in [-0.15, -0.1) is 0 Å². The standard InChI is InChI=1S/C9H11I3O3Si/c1-13-16(14-2,15-3)7-5-4-6(10)8(11)9(7)12/h4-5H,1-3H3. The van der Waals surface area contributed by atoms with Gasteiger partial charge in [0, 0.05) is 37.2 Å². The first-order chi connectivity index (χ1) is 7.52. The third kappa shape index (κ3) is 2.91. The van der Waals surface area contributed by atoms with Crippen molar-refractivity contribution in [1.29, 1.82) is 0 Å². The maximum atomic E-state index is 5.48. The molecule has 7 heteroatoms. The fourth-order valence-electron chi connectivity index (χ4n) is 1.34. The van der Waals surface area contributed by atoms with E-state index in [-0.39, 0.29) is 0 Å². The molecular weight excluding hydrogens is 565 g/mol. The molecule has 0 fully saturated rings. The van der Waals surface area contributed by atoms with Crippen LogP contribution in [-0.4, -0.2) is 30.1 Å². The summed E-state index contributed by atoms with van der Waals surface area (Å²) in [5.74, 6) is 0. The minimum atomic E-state index is -2.71. The zero-order valence-electron chi connectivity index (χ0n) is 9.01. The van der Waals surface area contributed by atoms with Crippen molar-refractivity contribution in [3.05, 3.63) is 22.8 Å². The normalized spacial score (nSPS) is 11.9. The summed E-state index contributed by atoms with van der Waals surface area (Å²) in [5.41, 5.74) is 0. The number of hydrogen-bond donors (Lipinski definition) is 0. The van der Waals surface area contributed by atoms with Gasteiger partial charge in [-0.25, -0.2) is 0 Å². The fraction of sp³-hybridized carbons (Fsp3) is 0.333. The van der Waals surface area contributed by atoms with E-state index in [4.69, 9.17) is 13.3 Å². The van der Waals surface area contributed by atoms with Gasteiger partial charge < -0.3 is 13.3 Å². The summed E-state index contributed by atoms with van der Waals surface area (Å²) in [6.45, 7) is 0. The third-order valence-electron chi connectivity index (χ3n) is 2.17. The van der Waals surface area contributed by atoms with E-state index in [2.05, 4.69) is 73.8 Å². The Morgan fingerprint density at radius 3 is 1.81 bits per heavy atom. The molecule has 1 aromatic rings. The smallest absolute Gasteiger partial charge is 0.373 e. The van der Waals surface area contributed by atoms with Gasteiger partial charge in [0.05, 0.1) is 0 Å². The van der Waals surface area contributed by atoms with Crippen molar-refractivity contribution in [1.82, 2.24) is 0 Å². The Kier molecular flexibility index (Phi) is 6.43. The van der Waals surface area contributed by atoms with Crippen LogP contribution in [0.2, 0.25) is 0 Å². The quantitative estimate of drug-likeness (QED) is 0.314. The molecule has 0 saturated carbocycles. The second-order valence-corrected chi connectivity index (χ2v) is 9.09. The van der Waals surface area contributed by atoms with Gasteiger partial charge in [-0.05, 0) is 73.8 Å².